The highest BCUT2D eigenvalue weighted by Gasteiger charge is 2.32. The molecule has 3 aromatic rings. The molecule has 1 amide bonds. The minimum atomic E-state index is -4.45. The first-order chi connectivity index (χ1) is 15.9. The number of hydrogen-bond acceptors (Lipinski definition) is 7. The molecular weight excluding hydrogens is 435 g/mol. The predicted octanol–water partition coefficient (Wildman–Crippen LogP) is 3.89. The molecule has 1 aliphatic carbocycles. The molecule has 1 aliphatic heterocycles. The number of halogens is 3. The van der Waals surface area contributed by atoms with Gasteiger partial charge in [0.2, 0.25) is 5.95 Å². The van der Waals surface area contributed by atoms with Crippen LogP contribution in [0.2, 0.25) is 0 Å². The first-order valence-electron chi connectivity index (χ1n) is 10.5. The fourth-order valence-corrected chi connectivity index (χ4v) is 4.15. The molecule has 1 saturated carbocycles. The van der Waals surface area contributed by atoms with Crippen LogP contribution in [0.25, 0.3) is 0 Å². The van der Waals surface area contributed by atoms with Gasteiger partial charge in [0.15, 0.2) is 0 Å². The third-order valence-corrected chi connectivity index (χ3v) is 5.82. The summed E-state index contributed by atoms with van der Waals surface area (Å²) in [6.45, 7) is 0.471. The number of hydrogen-bond donors (Lipinski definition) is 2. The molecule has 0 saturated heterocycles. The Morgan fingerprint density at radius 3 is 2.36 bits per heavy atom. The van der Waals surface area contributed by atoms with E-state index in [0.29, 0.717) is 23.7 Å². The summed E-state index contributed by atoms with van der Waals surface area (Å²) in [4.78, 5) is 30.4. The molecule has 170 valence electrons. The Morgan fingerprint density at radius 1 is 0.939 bits per heavy atom. The summed E-state index contributed by atoms with van der Waals surface area (Å²) in [7, 11) is 0. The Bertz CT molecular complexity index is 1150. The number of aromatic nitrogens is 4. The zero-order valence-electron chi connectivity index (χ0n) is 17.4. The number of pyridine rings is 2. The number of carbonyl (C=O) groups is 1. The lowest BCUT2D eigenvalue weighted by molar-refractivity contribution is -0.138. The zero-order chi connectivity index (χ0) is 23.0. The second-order valence-electron chi connectivity index (χ2n) is 8.09. The van der Waals surface area contributed by atoms with E-state index in [1.54, 1.807) is 17.3 Å². The number of carbonyl (C=O) groups excluding carboxylic acids is 1. The van der Waals surface area contributed by atoms with Gasteiger partial charge in [-0.25, -0.2) is 15.0 Å². The van der Waals surface area contributed by atoms with Crippen LogP contribution < -0.4 is 15.5 Å². The molecule has 33 heavy (non-hydrogen) atoms. The fraction of sp³-hybridized carbons (Fsp3) is 0.318. The van der Waals surface area contributed by atoms with Crippen molar-refractivity contribution in [3.63, 3.8) is 0 Å². The molecule has 3 aromatic heterocycles. The Kier molecular flexibility index (Phi) is 5.31. The normalized spacial score (nSPS) is 20.1. The van der Waals surface area contributed by atoms with Crippen molar-refractivity contribution in [1.82, 2.24) is 19.9 Å². The Labute approximate surface area is 187 Å². The van der Waals surface area contributed by atoms with Gasteiger partial charge in [-0.05, 0) is 37.5 Å². The number of fused-ring (bicyclic) bond motifs is 1. The van der Waals surface area contributed by atoms with E-state index >= 15 is 0 Å². The lowest BCUT2D eigenvalue weighted by Gasteiger charge is -2.17. The van der Waals surface area contributed by atoms with Gasteiger partial charge >= 0.3 is 6.18 Å². The summed E-state index contributed by atoms with van der Waals surface area (Å²) in [6.07, 6.45) is 2.83. The maximum absolute atomic E-state index is 12.6. The SMILES string of the molecule is O=C1c2ncccc2CN1c1ccc(N[C@H]2CC[C@H](Nc3ncc(C(F)(F)F)cn3)C2)nc1. The van der Waals surface area contributed by atoms with Crippen LogP contribution in [0.5, 0.6) is 0 Å². The van der Waals surface area contributed by atoms with Gasteiger partial charge in [-0.3, -0.25) is 9.78 Å². The van der Waals surface area contributed by atoms with E-state index < -0.39 is 11.7 Å². The zero-order valence-corrected chi connectivity index (χ0v) is 17.4. The quantitative estimate of drug-likeness (QED) is 0.603. The largest absolute Gasteiger partial charge is 0.419 e. The van der Waals surface area contributed by atoms with Crippen molar-refractivity contribution >= 4 is 23.4 Å². The van der Waals surface area contributed by atoms with Crippen molar-refractivity contribution in [2.45, 2.75) is 44.1 Å². The van der Waals surface area contributed by atoms with Crippen LogP contribution in [0.15, 0.2) is 49.1 Å². The predicted molar refractivity (Wildman–Crippen MR) is 115 cm³/mol. The summed E-state index contributed by atoms with van der Waals surface area (Å²) < 4.78 is 37.9. The number of amides is 1. The summed E-state index contributed by atoms with van der Waals surface area (Å²) in [6, 6.07) is 7.58. The van der Waals surface area contributed by atoms with Crippen LogP contribution in [0, 0.1) is 0 Å². The number of anilines is 3. The minimum Gasteiger partial charge on any atom is -0.367 e. The summed E-state index contributed by atoms with van der Waals surface area (Å²) in [5, 5.41) is 6.47. The monoisotopic (exact) mass is 455 g/mol. The van der Waals surface area contributed by atoms with E-state index in [4.69, 9.17) is 0 Å². The Morgan fingerprint density at radius 2 is 1.70 bits per heavy atom. The number of nitrogens with zero attached hydrogens (tertiary/aromatic N) is 5. The van der Waals surface area contributed by atoms with Crippen molar-refractivity contribution in [1.29, 1.82) is 0 Å². The highest BCUT2D eigenvalue weighted by molar-refractivity contribution is 6.08. The highest BCUT2D eigenvalue weighted by Crippen LogP contribution is 2.30. The van der Waals surface area contributed by atoms with E-state index in [0.717, 1.165) is 37.2 Å². The standard InChI is InChI=1S/C22H20F3N7O/c23-22(24,25)14-9-28-21(29-10-14)31-16-4-3-15(8-16)30-18-6-5-17(11-27-18)32-12-13-2-1-7-26-19(13)20(32)33/h1-2,5-7,9-11,15-16H,3-4,8,12H2,(H,27,30)(H,28,29,31)/t15-,16-/m0/s1. The average molecular weight is 455 g/mol. The van der Waals surface area contributed by atoms with Crippen LogP contribution >= 0.6 is 0 Å². The highest BCUT2D eigenvalue weighted by atomic mass is 19.4. The van der Waals surface area contributed by atoms with Crippen molar-refractivity contribution in [3.8, 4) is 0 Å². The third-order valence-electron chi connectivity index (χ3n) is 5.82. The molecule has 4 heterocycles. The Hall–Kier alpha value is -3.76. The van der Waals surface area contributed by atoms with Crippen molar-refractivity contribution in [3.05, 3.63) is 65.9 Å². The van der Waals surface area contributed by atoms with E-state index in [1.165, 1.54) is 0 Å². The topological polar surface area (TPSA) is 95.9 Å². The van der Waals surface area contributed by atoms with Gasteiger partial charge in [0.1, 0.15) is 11.5 Å². The van der Waals surface area contributed by atoms with Crippen LogP contribution in [0.3, 0.4) is 0 Å². The van der Waals surface area contributed by atoms with Gasteiger partial charge in [-0.15, -0.1) is 0 Å². The lowest BCUT2D eigenvalue weighted by Crippen LogP contribution is -2.24. The molecule has 0 radical (unpaired) electrons. The summed E-state index contributed by atoms with van der Waals surface area (Å²) >= 11 is 0. The van der Waals surface area contributed by atoms with E-state index in [-0.39, 0.29) is 23.9 Å². The molecule has 0 unspecified atom stereocenters. The van der Waals surface area contributed by atoms with Gasteiger partial charge < -0.3 is 15.5 Å². The molecule has 5 rings (SSSR count). The maximum atomic E-state index is 12.6. The van der Waals surface area contributed by atoms with Crippen LogP contribution in [-0.4, -0.2) is 37.9 Å². The van der Waals surface area contributed by atoms with Crippen molar-refractivity contribution in [2.75, 3.05) is 15.5 Å². The van der Waals surface area contributed by atoms with Crippen LogP contribution in [-0.2, 0) is 12.7 Å². The third kappa shape index (κ3) is 4.43. The summed E-state index contributed by atoms with van der Waals surface area (Å²) in [5.41, 5.74) is 1.20. The second kappa shape index (κ2) is 8.30. The molecule has 2 N–H and O–H groups in total. The van der Waals surface area contributed by atoms with Crippen molar-refractivity contribution < 1.29 is 18.0 Å². The first kappa shape index (κ1) is 21.1. The first-order valence-corrected chi connectivity index (χ1v) is 10.5. The molecule has 0 spiro atoms. The van der Waals surface area contributed by atoms with Gasteiger partial charge in [0, 0.05) is 36.2 Å². The number of alkyl halides is 3. The minimum absolute atomic E-state index is 0.0479. The molecule has 2 aliphatic rings. The summed E-state index contributed by atoms with van der Waals surface area (Å²) in [5.74, 6) is 0.739. The second-order valence-corrected chi connectivity index (χ2v) is 8.09. The van der Waals surface area contributed by atoms with Gasteiger partial charge in [-0.2, -0.15) is 13.2 Å². The molecule has 11 heteroatoms. The lowest BCUT2D eigenvalue weighted by atomic mass is 10.2. The van der Waals surface area contributed by atoms with Crippen LogP contribution in [0.1, 0.15) is 40.9 Å². The molecule has 1 fully saturated rings. The fourth-order valence-electron chi connectivity index (χ4n) is 4.15. The van der Waals surface area contributed by atoms with Crippen molar-refractivity contribution in [2.24, 2.45) is 0 Å². The molecule has 0 bridgehead atoms. The smallest absolute Gasteiger partial charge is 0.367 e. The van der Waals surface area contributed by atoms with E-state index in [1.807, 2.05) is 24.3 Å². The number of nitrogens with one attached hydrogen (secondary N) is 2. The van der Waals surface area contributed by atoms with Gasteiger partial charge in [-0.1, -0.05) is 6.07 Å². The Balaban J connectivity index is 1.16. The maximum Gasteiger partial charge on any atom is 0.419 e. The average Bonchev–Trinajstić information content (AvgIpc) is 3.38. The molecule has 8 nitrogen and oxygen atoms in total. The van der Waals surface area contributed by atoms with E-state index in [2.05, 4.69) is 30.6 Å². The number of rotatable bonds is 5. The molecule has 2 atom stereocenters. The molecule has 0 aromatic carbocycles. The van der Waals surface area contributed by atoms with E-state index in [9.17, 15) is 18.0 Å². The van der Waals surface area contributed by atoms with Crippen LogP contribution in [0.4, 0.5) is 30.6 Å². The van der Waals surface area contributed by atoms with Gasteiger partial charge in [0.05, 0.1) is 24.0 Å². The van der Waals surface area contributed by atoms with Gasteiger partial charge in [0.25, 0.3) is 5.91 Å². The molecular formula is C22H20F3N7O.